The number of para-hydroxylation sites is 1. The van der Waals surface area contributed by atoms with Gasteiger partial charge in [-0.15, -0.1) is 11.8 Å². The molecule has 0 radical (unpaired) electrons. The highest BCUT2D eigenvalue weighted by Gasteiger charge is 2.69. The van der Waals surface area contributed by atoms with Crippen LogP contribution in [0.15, 0.2) is 58.4 Å². The van der Waals surface area contributed by atoms with Gasteiger partial charge in [0.05, 0.1) is 35.8 Å². The molecule has 0 unspecified atom stereocenters. The summed E-state index contributed by atoms with van der Waals surface area (Å²) in [6.07, 6.45) is 0.812. The van der Waals surface area contributed by atoms with Gasteiger partial charge < -0.3 is 19.2 Å². The largest absolute Gasteiger partial charge is 0.490 e. The van der Waals surface area contributed by atoms with Crippen molar-refractivity contribution in [2.24, 2.45) is 29.6 Å². The van der Waals surface area contributed by atoms with Crippen LogP contribution in [0.4, 0.5) is 5.69 Å². The molecule has 11 heteroatoms. The molecule has 9 nitrogen and oxygen atoms in total. The maximum absolute atomic E-state index is 13.9. The number of imide groups is 1. The first kappa shape index (κ1) is 27.3. The van der Waals surface area contributed by atoms with Crippen molar-refractivity contribution < 1.29 is 28.6 Å². The van der Waals surface area contributed by atoms with Crippen LogP contribution in [0.25, 0.3) is 0 Å². The Bertz CT molecular complexity index is 1620. The third kappa shape index (κ3) is 4.19. The fourth-order valence-corrected chi connectivity index (χ4v) is 10.6. The summed E-state index contributed by atoms with van der Waals surface area (Å²) in [5, 5.41) is 0.930. The van der Waals surface area contributed by atoms with E-state index in [1.54, 1.807) is 24.8 Å². The van der Waals surface area contributed by atoms with Gasteiger partial charge in [0, 0.05) is 16.0 Å². The molecule has 3 aromatic rings. The van der Waals surface area contributed by atoms with Crippen molar-refractivity contribution in [2.45, 2.75) is 36.5 Å². The summed E-state index contributed by atoms with van der Waals surface area (Å²) in [7, 11) is 0. The average Bonchev–Trinajstić information content (AvgIpc) is 3.72. The first-order chi connectivity index (χ1) is 20.4. The lowest BCUT2D eigenvalue weighted by Crippen LogP contribution is -2.42. The monoisotopic (exact) mass is 606 g/mol. The number of thioether (sulfide) groups is 1. The number of hydrogen-bond donors (Lipinski definition) is 1. The number of nitrogens with zero attached hydrogens (tertiary/aromatic N) is 1. The lowest BCUT2D eigenvalue weighted by molar-refractivity contribution is -0.145. The quantitative estimate of drug-likeness (QED) is 0.296. The summed E-state index contributed by atoms with van der Waals surface area (Å²) in [5.41, 5.74) is 1.58. The summed E-state index contributed by atoms with van der Waals surface area (Å²) in [6, 6.07) is 14.9. The van der Waals surface area contributed by atoms with Crippen molar-refractivity contribution in [1.29, 1.82) is 0 Å². The Morgan fingerprint density at radius 2 is 1.71 bits per heavy atom. The van der Waals surface area contributed by atoms with E-state index < -0.39 is 5.97 Å². The number of thiazole rings is 1. The molecule has 1 saturated heterocycles. The molecule has 2 bridgehead atoms. The number of carbonyl (C=O) groups excluding carboxylic acids is 3. The molecule has 218 valence electrons. The van der Waals surface area contributed by atoms with Crippen LogP contribution in [0.2, 0.25) is 0 Å². The van der Waals surface area contributed by atoms with Gasteiger partial charge in [-0.3, -0.25) is 19.3 Å². The van der Waals surface area contributed by atoms with Crippen LogP contribution >= 0.6 is 23.1 Å². The Morgan fingerprint density at radius 1 is 0.952 bits per heavy atom. The standard InChI is InChI=1S/C31H30N2O7S2/c1-3-38-20-12-15(10-11-19(20)40-14-21(34)39-4-2)22-23-17-13-18(26(23)41-28-27(22)42-31(37)32-28)25-24(17)29(35)33(30(25)36)16-8-6-5-7-9-16/h5-12,17-18,22-26H,3-4,13-14H2,1-2H3,(H,32,37)/t17-,18-,22+,23-,24+,25+,26-/m1/s1. The van der Waals surface area contributed by atoms with Gasteiger partial charge >= 0.3 is 10.8 Å². The van der Waals surface area contributed by atoms with Crippen LogP contribution in [0.1, 0.15) is 36.6 Å². The molecule has 42 heavy (non-hydrogen) atoms. The minimum Gasteiger partial charge on any atom is -0.490 e. The van der Waals surface area contributed by atoms with E-state index >= 15 is 0 Å². The average molecular weight is 607 g/mol. The summed E-state index contributed by atoms with van der Waals surface area (Å²) in [4.78, 5) is 57.4. The first-order valence-corrected chi connectivity index (χ1v) is 16.0. The predicted molar refractivity (Wildman–Crippen MR) is 157 cm³/mol. The van der Waals surface area contributed by atoms with E-state index in [4.69, 9.17) is 14.2 Å². The van der Waals surface area contributed by atoms with Crippen molar-refractivity contribution in [1.82, 2.24) is 4.98 Å². The van der Waals surface area contributed by atoms with Gasteiger partial charge in [0.1, 0.15) is 0 Å². The molecule has 2 aromatic carbocycles. The van der Waals surface area contributed by atoms with E-state index in [9.17, 15) is 19.2 Å². The van der Waals surface area contributed by atoms with Gasteiger partial charge in [-0.2, -0.15) is 0 Å². The molecule has 2 aliphatic heterocycles. The van der Waals surface area contributed by atoms with Crippen LogP contribution in [0.3, 0.4) is 0 Å². The molecule has 1 aromatic heterocycles. The number of esters is 1. The van der Waals surface area contributed by atoms with E-state index in [2.05, 4.69) is 4.98 Å². The molecule has 7 atom stereocenters. The highest BCUT2D eigenvalue weighted by atomic mass is 32.2. The first-order valence-electron chi connectivity index (χ1n) is 14.3. The molecule has 4 aliphatic rings. The fourth-order valence-electron chi connectivity index (χ4n) is 7.67. The maximum atomic E-state index is 13.9. The van der Waals surface area contributed by atoms with E-state index in [-0.39, 0.29) is 70.7 Å². The van der Waals surface area contributed by atoms with Gasteiger partial charge in [-0.25, -0.2) is 4.79 Å². The van der Waals surface area contributed by atoms with Crippen molar-refractivity contribution >= 4 is 46.6 Å². The lowest BCUT2D eigenvalue weighted by atomic mass is 9.68. The SMILES string of the molecule is CCOC(=O)COc1ccc([C@@H]2c3sc(=O)[nH]c3S[C@@H]3[C@@H]4C[C@@H]([C@@H]5C(=O)N(c6ccccc6)C(=O)[C@@H]45)[C@H]23)cc1OCC. The fraction of sp³-hybridized carbons (Fsp3) is 0.419. The molecule has 7 rings (SSSR count). The second-order valence-electron chi connectivity index (χ2n) is 11.0. The van der Waals surface area contributed by atoms with E-state index in [1.807, 2.05) is 49.4 Å². The minimum absolute atomic E-state index is 0.00768. The van der Waals surface area contributed by atoms with Crippen LogP contribution < -0.4 is 19.2 Å². The van der Waals surface area contributed by atoms with Crippen LogP contribution in [-0.4, -0.2) is 47.8 Å². The predicted octanol–water partition coefficient (Wildman–Crippen LogP) is 4.45. The second-order valence-corrected chi connectivity index (χ2v) is 13.2. The number of carbonyl (C=O) groups is 3. The number of aromatic nitrogens is 1. The molecule has 3 fully saturated rings. The van der Waals surface area contributed by atoms with E-state index in [1.165, 1.54) is 16.2 Å². The third-order valence-corrected chi connectivity index (χ3v) is 11.6. The van der Waals surface area contributed by atoms with Gasteiger partial charge in [0.25, 0.3) is 0 Å². The highest BCUT2D eigenvalue weighted by molar-refractivity contribution is 8.00. The van der Waals surface area contributed by atoms with E-state index in [0.29, 0.717) is 23.8 Å². The minimum atomic E-state index is -0.463. The number of aromatic amines is 1. The Labute approximate surface area is 250 Å². The van der Waals surface area contributed by atoms with Crippen LogP contribution in [0.5, 0.6) is 11.5 Å². The number of fused-ring (bicyclic) bond motifs is 9. The summed E-state index contributed by atoms with van der Waals surface area (Å²) in [6.45, 7) is 4.05. The number of ether oxygens (including phenoxy) is 3. The third-order valence-electron chi connectivity index (χ3n) is 9.02. The number of benzene rings is 2. The van der Waals surface area contributed by atoms with Crippen LogP contribution in [-0.2, 0) is 19.1 Å². The molecule has 2 amide bonds. The number of nitrogens with one attached hydrogen (secondary N) is 1. The lowest BCUT2D eigenvalue weighted by Gasteiger charge is -2.43. The smallest absolute Gasteiger partial charge is 0.344 e. The van der Waals surface area contributed by atoms with Gasteiger partial charge in [-0.1, -0.05) is 35.6 Å². The number of rotatable bonds is 8. The highest BCUT2D eigenvalue weighted by Crippen LogP contribution is 2.68. The Balaban J connectivity index is 1.26. The summed E-state index contributed by atoms with van der Waals surface area (Å²) >= 11 is 2.87. The normalized spacial score (nSPS) is 28.8. The molecule has 0 spiro atoms. The molecule has 1 N–H and O–H groups in total. The Hall–Kier alpha value is -3.57. The van der Waals surface area contributed by atoms with Crippen molar-refractivity contribution in [3.05, 3.63) is 68.6 Å². The van der Waals surface area contributed by atoms with E-state index in [0.717, 1.165) is 21.9 Å². The number of anilines is 1. The molecule has 2 saturated carbocycles. The summed E-state index contributed by atoms with van der Waals surface area (Å²) < 4.78 is 16.7. The van der Waals surface area contributed by atoms with Crippen molar-refractivity contribution in [3.63, 3.8) is 0 Å². The van der Waals surface area contributed by atoms with Gasteiger partial charge in [0.2, 0.25) is 11.8 Å². The number of hydrogen-bond acceptors (Lipinski definition) is 9. The zero-order chi connectivity index (χ0) is 29.1. The van der Waals surface area contributed by atoms with Crippen LogP contribution in [0, 0.1) is 29.6 Å². The second kappa shape index (κ2) is 10.6. The van der Waals surface area contributed by atoms with Gasteiger partial charge in [-0.05, 0) is 67.9 Å². The molecular weight excluding hydrogens is 576 g/mol. The zero-order valence-corrected chi connectivity index (χ0v) is 24.7. The molecule has 3 heterocycles. The Kier molecular flexibility index (Phi) is 6.89. The van der Waals surface area contributed by atoms with Gasteiger partial charge in [0.15, 0.2) is 18.1 Å². The van der Waals surface area contributed by atoms with Crippen molar-refractivity contribution in [2.75, 3.05) is 24.7 Å². The number of amides is 2. The molecule has 2 aliphatic carbocycles. The number of H-pyrrole nitrogens is 1. The maximum Gasteiger partial charge on any atom is 0.344 e. The summed E-state index contributed by atoms with van der Waals surface area (Å²) in [5.74, 6) is -0.512. The topological polar surface area (TPSA) is 115 Å². The zero-order valence-electron chi connectivity index (χ0n) is 23.1. The molecular formula is C31H30N2O7S2. The Morgan fingerprint density at radius 3 is 2.45 bits per heavy atom. The van der Waals surface area contributed by atoms with Crippen molar-refractivity contribution in [3.8, 4) is 11.5 Å².